The molecule has 9 nitrogen and oxygen atoms in total. The Balaban J connectivity index is 1.12. The predicted molar refractivity (Wildman–Crippen MR) is 196 cm³/mol. The zero-order chi connectivity index (χ0) is 33.6. The average Bonchev–Trinajstić information content (AvgIpc) is 3.65. The molecule has 4 aromatic carbocycles. The van der Waals surface area contributed by atoms with E-state index < -0.39 is 0 Å². The van der Waals surface area contributed by atoms with E-state index in [2.05, 4.69) is 0 Å². The summed E-state index contributed by atoms with van der Waals surface area (Å²) in [5, 5.41) is 0. The molecular formula is C41H27N7O2. The maximum Gasteiger partial charge on any atom is 0.339 e. The number of fused-ring (bicyclic) bond motifs is 2. The number of nitrogens with zero attached hydrogens (tertiary/aromatic N) is 7. The van der Waals surface area contributed by atoms with Crippen molar-refractivity contribution in [1.29, 1.82) is 0 Å². The molecule has 0 amide bonds. The molecule has 9 heteroatoms. The average molecular weight is 650 g/mol. The Labute approximate surface area is 285 Å². The molecule has 5 heterocycles. The molecule has 238 valence electrons. The van der Waals surface area contributed by atoms with E-state index in [9.17, 15) is 9.59 Å². The maximum absolute atomic E-state index is 13.9. The Kier molecular flexibility index (Phi) is 6.87. The maximum atomic E-state index is 13.9. The lowest BCUT2D eigenvalue weighted by atomic mass is 10.2. The standard InChI is InChI=1S/C41H27N7O2/c49-40-45(28-14-3-1-4-15-28)34-22-7-9-24-36(34)47(40)38-26-12-20-32(43-38)30-18-11-19-31(42-30)33-21-13-27-39(44-33)48-37-25-10-8-23-35(37)46(41(48)50)29-16-5-2-6-17-29/h1-27H. The number of pyridine rings is 3. The quantitative estimate of drug-likeness (QED) is 0.187. The summed E-state index contributed by atoms with van der Waals surface area (Å²) in [5.41, 5.74) is 6.64. The Bertz CT molecular complexity index is 2620. The Hall–Kier alpha value is -7.13. The van der Waals surface area contributed by atoms with Gasteiger partial charge in [-0.3, -0.25) is 9.13 Å². The third kappa shape index (κ3) is 4.76. The van der Waals surface area contributed by atoms with Gasteiger partial charge in [0.1, 0.15) is 11.6 Å². The van der Waals surface area contributed by atoms with Crippen molar-refractivity contribution in [2.75, 3.05) is 0 Å². The van der Waals surface area contributed by atoms with Crippen LogP contribution in [0.2, 0.25) is 0 Å². The van der Waals surface area contributed by atoms with E-state index in [0.717, 1.165) is 33.4 Å². The number of aromatic nitrogens is 7. The Morgan fingerprint density at radius 2 is 0.620 bits per heavy atom. The summed E-state index contributed by atoms with van der Waals surface area (Å²) in [5.74, 6) is 0.972. The molecule has 0 radical (unpaired) electrons. The Morgan fingerprint density at radius 1 is 0.300 bits per heavy atom. The van der Waals surface area contributed by atoms with Crippen molar-refractivity contribution in [1.82, 2.24) is 33.2 Å². The molecule has 0 spiro atoms. The lowest BCUT2D eigenvalue weighted by molar-refractivity contribution is 0.904. The minimum absolute atomic E-state index is 0.214. The third-order valence-corrected chi connectivity index (χ3v) is 8.72. The van der Waals surface area contributed by atoms with E-state index in [1.165, 1.54) is 0 Å². The van der Waals surface area contributed by atoms with Gasteiger partial charge in [0.25, 0.3) is 0 Å². The summed E-state index contributed by atoms with van der Waals surface area (Å²) in [6.45, 7) is 0. The molecule has 0 bridgehead atoms. The molecule has 0 atom stereocenters. The van der Waals surface area contributed by atoms with E-state index in [1.54, 1.807) is 18.3 Å². The smallest absolute Gasteiger partial charge is 0.260 e. The van der Waals surface area contributed by atoms with Crippen molar-refractivity contribution < 1.29 is 0 Å². The molecule has 0 unspecified atom stereocenters. The molecule has 0 aliphatic carbocycles. The summed E-state index contributed by atoms with van der Waals surface area (Å²) >= 11 is 0. The molecule has 9 aromatic rings. The molecular weight excluding hydrogens is 622 g/mol. The first kappa shape index (κ1) is 29.0. The first-order chi connectivity index (χ1) is 24.7. The molecule has 0 fully saturated rings. The normalized spacial score (nSPS) is 11.4. The number of para-hydroxylation sites is 6. The van der Waals surface area contributed by atoms with Gasteiger partial charge < -0.3 is 0 Å². The van der Waals surface area contributed by atoms with E-state index in [4.69, 9.17) is 15.0 Å². The number of imidazole rings is 2. The number of hydrogen-bond acceptors (Lipinski definition) is 5. The highest BCUT2D eigenvalue weighted by atomic mass is 16.2. The second-order valence-electron chi connectivity index (χ2n) is 11.7. The molecule has 0 saturated carbocycles. The highest BCUT2D eigenvalue weighted by Gasteiger charge is 2.19. The van der Waals surface area contributed by atoms with Gasteiger partial charge in [-0.1, -0.05) is 78.9 Å². The SMILES string of the molecule is O=c1n(-c2ccccc2)c2ccccc2n1-c1cccc(-c2cccc(-c3cccc(-n4c(=O)n(-c5ccccc5)c5ccccc54)n3)n2)n1. The van der Waals surface area contributed by atoms with Crippen LogP contribution in [0.1, 0.15) is 0 Å². The van der Waals surface area contributed by atoms with Crippen LogP contribution in [0.5, 0.6) is 0 Å². The van der Waals surface area contributed by atoms with Gasteiger partial charge in [0.15, 0.2) is 0 Å². The van der Waals surface area contributed by atoms with Crippen LogP contribution in [0.25, 0.3) is 67.9 Å². The van der Waals surface area contributed by atoms with Gasteiger partial charge in [-0.2, -0.15) is 0 Å². The van der Waals surface area contributed by atoms with Crippen molar-refractivity contribution in [3.05, 3.63) is 185 Å². The van der Waals surface area contributed by atoms with Crippen molar-refractivity contribution >= 4 is 22.1 Å². The number of rotatable bonds is 6. The van der Waals surface area contributed by atoms with Crippen molar-refractivity contribution in [3.63, 3.8) is 0 Å². The predicted octanol–water partition coefficient (Wildman–Crippen LogP) is 7.40. The lowest BCUT2D eigenvalue weighted by Gasteiger charge is -2.08. The van der Waals surface area contributed by atoms with Crippen molar-refractivity contribution in [2.45, 2.75) is 0 Å². The summed E-state index contributed by atoms with van der Waals surface area (Å²) in [6.07, 6.45) is 0. The van der Waals surface area contributed by atoms with E-state index >= 15 is 0 Å². The largest absolute Gasteiger partial charge is 0.339 e. The monoisotopic (exact) mass is 649 g/mol. The van der Waals surface area contributed by atoms with Crippen LogP contribution in [0, 0.1) is 0 Å². The molecule has 0 N–H and O–H groups in total. The van der Waals surface area contributed by atoms with E-state index in [1.807, 2.05) is 164 Å². The zero-order valence-corrected chi connectivity index (χ0v) is 26.5. The second kappa shape index (κ2) is 11.8. The fourth-order valence-electron chi connectivity index (χ4n) is 6.49. The number of benzene rings is 4. The molecule has 9 rings (SSSR count). The minimum Gasteiger partial charge on any atom is -0.260 e. The zero-order valence-electron chi connectivity index (χ0n) is 26.5. The van der Waals surface area contributed by atoms with Crippen LogP contribution in [0.15, 0.2) is 173 Å². The molecule has 0 aliphatic heterocycles. The van der Waals surface area contributed by atoms with Gasteiger partial charge in [-0.15, -0.1) is 0 Å². The van der Waals surface area contributed by atoms with Gasteiger partial charge in [0, 0.05) is 0 Å². The van der Waals surface area contributed by atoms with Gasteiger partial charge in [0.2, 0.25) is 0 Å². The van der Waals surface area contributed by atoms with Gasteiger partial charge in [-0.25, -0.2) is 33.7 Å². The fraction of sp³-hybridized carbons (Fsp3) is 0. The number of hydrogen-bond donors (Lipinski definition) is 0. The molecule has 50 heavy (non-hydrogen) atoms. The first-order valence-electron chi connectivity index (χ1n) is 16.1. The van der Waals surface area contributed by atoms with Crippen LogP contribution in [0.3, 0.4) is 0 Å². The van der Waals surface area contributed by atoms with Crippen LogP contribution in [-0.2, 0) is 0 Å². The third-order valence-electron chi connectivity index (χ3n) is 8.72. The summed E-state index contributed by atoms with van der Waals surface area (Å²) < 4.78 is 6.66. The van der Waals surface area contributed by atoms with E-state index in [-0.39, 0.29) is 11.4 Å². The van der Waals surface area contributed by atoms with Crippen LogP contribution >= 0.6 is 0 Å². The summed E-state index contributed by atoms with van der Waals surface area (Å²) in [6, 6.07) is 51.4. The Morgan fingerprint density at radius 3 is 1.02 bits per heavy atom. The van der Waals surface area contributed by atoms with Gasteiger partial charge >= 0.3 is 11.4 Å². The van der Waals surface area contributed by atoms with Gasteiger partial charge in [-0.05, 0) is 84.9 Å². The fourth-order valence-corrected chi connectivity index (χ4v) is 6.49. The van der Waals surface area contributed by atoms with Crippen LogP contribution in [0.4, 0.5) is 0 Å². The highest BCUT2D eigenvalue weighted by Crippen LogP contribution is 2.26. The van der Waals surface area contributed by atoms with Crippen LogP contribution < -0.4 is 11.4 Å². The first-order valence-corrected chi connectivity index (χ1v) is 16.1. The second-order valence-corrected chi connectivity index (χ2v) is 11.7. The lowest BCUT2D eigenvalue weighted by Crippen LogP contribution is -2.22. The molecule has 0 aliphatic rings. The van der Waals surface area contributed by atoms with Crippen LogP contribution in [-0.4, -0.2) is 33.2 Å². The van der Waals surface area contributed by atoms with Gasteiger partial charge in [0.05, 0.1) is 56.2 Å². The topological polar surface area (TPSA) is 92.5 Å². The van der Waals surface area contributed by atoms with Crippen molar-refractivity contribution in [2.24, 2.45) is 0 Å². The highest BCUT2D eigenvalue weighted by molar-refractivity contribution is 5.81. The van der Waals surface area contributed by atoms with Crippen molar-refractivity contribution in [3.8, 4) is 45.8 Å². The summed E-state index contributed by atoms with van der Waals surface area (Å²) in [7, 11) is 0. The van der Waals surface area contributed by atoms with E-state index in [0.29, 0.717) is 34.4 Å². The summed E-state index contributed by atoms with van der Waals surface area (Å²) in [4.78, 5) is 42.7. The molecule has 5 aromatic heterocycles. The minimum atomic E-state index is -0.214. The molecule has 0 saturated heterocycles.